The molecule has 0 amide bonds. The molecule has 0 fully saturated rings. The smallest absolute Gasteiger partial charge is 0.191 e. The van der Waals surface area contributed by atoms with Crippen LogP contribution < -0.4 is 20.1 Å². The molecular weight excluding hydrogens is 481 g/mol. The van der Waals surface area contributed by atoms with Gasteiger partial charge in [0.25, 0.3) is 0 Å². The van der Waals surface area contributed by atoms with E-state index in [0.29, 0.717) is 19.7 Å². The van der Waals surface area contributed by atoms with Gasteiger partial charge in [-0.15, -0.1) is 24.0 Å². The molecule has 2 N–H and O–H groups in total. The summed E-state index contributed by atoms with van der Waals surface area (Å²) < 4.78 is 16.5. The summed E-state index contributed by atoms with van der Waals surface area (Å²) in [5.41, 5.74) is 2.30. The van der Waals surface area contributed by atoms with Gasteiger partial charge in [-0.1, -0.05) is 36.4 Å². The Kier molecular flexibility index (Phi) is 12.1. The Morgan fingerprint density at radius 2 is 1.62 bits per heavy atom. The Morgan fingerprint density at radius 3 is 2.24 bits per heavy atom. The minimum absolute atomic E-state index is 0. The first-order valence-corrected chi connectivity index (χ1v) is 9.54. The van der Waals surface area contributed by atoms with Crippen LogP contribution in [0.5, 0.6) is 11.5 Å². The van der Waals surface area contributed by atoms with Crippen molar-refractivity contribution in [3.8, 4) is 11.5 Å². The highest BCUT2D eigenvalue weighted by Gasteiger charge is 2.09. The van der Waals surface area contributed by atoms with Crippen LogP contribution in [0.1, 0.15) is 25.0 Å². The molecule has 0 saturated carbocycles. The number of benzene rings is 2. The summed E-state index contributed by atoms with van der Waals surface area (Å²) >= 11 is 0. The third-order valence-electron chi connectivity index (χ3n) is 4.05. The first-order valence-electron chi connectivity index (χ1n) is 9.54. The van der Waals surface area contributed by atoms with Crippen LogP contribution in [-0.2, 0) is 17.9 Å². The molecule has 2 aromatic rings. The maximum absolute atomic E-state index is 5.98. The minimum atomic E-state index is -0.0477. The first kappa shape index (κ1) is 25.0. The maximum atomic E-state index is 5.98. The zero-order valence-corrected chi connectivity index (χ0v) is 19.9. The SMILES string of the molecule is CCNC(=NCc1ccc(COC)cc1)NCC(C)Oc1ccccc1OC.I. The number of ether oxygens (including phenoxy) is 3. The molecule has 0 saturated heterocycles. The molecule has 0 radical (unpaired) electrons. The second kappa shape index (κ2) is 14.1. The number of hydrogen-bond acceptors (Lipinski definition) is 4. The number of nitrogens with one attached hydrogen (secondary N) is 2. The Morgan fingerprint density at radius 1 is 0.966 bits per heavy atom. The summed E-state index contributed by atoms with van der Waals surface area (Å²) in [6.45, 7) is 6.70. The van der Waals surface area contributed by atoms with E-state index in [-0.39, 0.29) is 30.1 Å². The molecule has 0 aliphatic heterocycles. The molecule has 2 rings (SSSR count). The lowest BCUT2D eigenvalue weighted by molar-refractivity contribution is 0.185. The summed E-state index contributed by atoms with van der Waals surface area (Å²) in [5, 5.41) is 6.60. The molecule has 1 atom stereocenters. The van der Waals surface area contributed by atoms with Crippen LogP contribution in [0.2, 0.25) is 0 Å². The van der Waals surface area contributed by atoms with Gasteiger partial charge in [-0.3, -0.25) is 0 Å². The van der Waals surface area contributed by atoms with Crippen molar-refractivity contribution < 1.29 is 14.2 Å². The van der Waals surface area contributed by atoms with Crippen LogP contribution in [0.4, 0.5) is 0 Å². The standard InChI is InChI=1S/C22H31N3O3.HI/c1-5-23-22(25-15-18-10-12-19(13-11-18)16-26-3)24-14-17(2)28-21-9-7-6-8-20(21)27-4;/h6-13,17H,5,14-16H2,1-4H3,(H2,23,24,25);1H. The van der Waals surface area contributed by atoms with E-state index in [9.17, 15) is 0 Å². The number of rotatable bonds is 10. The van der Waals surface area contributed by atoms with Gasteiger partial charge in [0.1, 0.15) is 6.10 Å². The number of aliphatic imine (C=N–C) groups is 1. The Bertz CT molecular complexity index is 738. The van der Waals surface area contributed by atoms with Crippen molar-refractivity contribution in [2.24, 2.45) is 4.99 Å². The van der Waals surface area contributed by atoms with E-state index in [0.717, 1.165) is 35.1 Å². The fourth-order valence-electron chi connectivity index (χ4n) is 2.63. The molecule has 0 bridgehead atoms. The van der Waals surface area contributed by atoms with Gasteiger partial charge in [-0.05, 0) is 37.1 Å². The van der Waals surface area contributed by atoms with Crippen LogP contribution in [0, 0.1) is 0 Å². The Hall–Kier alpha value is -2.00. The molecule has 160 valence electrons. The van der Waals surface area contributed by atoms with Crippen molar-refractivity contribution in [3.05, 3.63) is 59.7 Å². The van der Waals surface area contributed by atoms with Crippen molar-refractivity contribution in [2.45, 2.75) is 33.1 Å². The Labute approximate surface area is 191 Å². The Balaban J connectivity index is 0.00000420. The molecule has 2 aromatic carbocycles. The number of halogens is 1. The zero-order chi connectivity index (χ0) is 20.2. The van der Waals surface area contributed by atoms with E-state index in [1.54, 1.807) is 14.2 Å². The highest BCUT2D eigenvalue weighted by Crippen LogP contribution is 2.26. The van der Waals surface area contributed by atoms with Crippen LogP contribution in [-0.4, -0.2) is 39.4 Å². The first-order chi connectivity index (χ1) is 13.7. The minimum Gasteiger partial charge on any atom is -0.493 e. The van der Waals surface area contributed by atoms with Crippen molar-refractivity contribution in [3.63, 3.8) is 0 Å². The quantitative estimate of drug-likeness (QED) is 0.286. The van der Waals surface area contributed by atoms with E-state index in [4.69, 9.17) is 14.2 Å². The van der Waals surface area contributed by atoms with Crippen LogP contribution in [0.3, 0.4) is 0 Å². The van der Waals surface area contributed by atoms with Gasteiger partial charge in [0, 0.05) is 13.7 Å². The van der Waals surface area contributed by atoms with Gasteiger partial charge in [-0.2, -0.15) is 0 Å². The number of guanidine groups is 1. The molecule has 29 heavy (non-hydrogen) atoms. The third-order valence-corrected chi connectivity index (χ3v) is 4.05. The van der Waals surface area contributed by atoms with Crippen LogP contribution in [0.15, 0.2) is 53.5 Å². The molecule has 0 aliphatic rings. The summed E-state index contributed by atoms with van der Waals surface area (Å²) in [6.07, 6.45) is -0.0477. The molecule has 7 heteroatoms. The van der Waals surface area contributed by atoms with Gasteiger partial charge in [0.05, 0.1) is 26.8 Å². The van der Waals surface area contributed by atoms with Gasteiger partial charge < -0.3 is 24.8 Å². The molecule has 0 spiro atoms. The molecular formula is C22H32IN3O3. The topological polar surface area (TPSA) is 64.1 Å². The van der Waals surface area contributed by atoms with Gasteiger partial charge in [0.15, 0.2) is 17.5 Å². The average Bonchev–Trinajstić information content (AvgIpc) is 2.72. The summed E-state index contributed by atoms with van der Waals surface area (Å²) in [5.74, 6) is 2.23. The lowest BCUT2D eigenvalue weighted by Gasteiger charge is -2.19. The number of hydrogen-bond donors (Lipinski definition) is 2. The molecule has 0 aromatic heterocycles. The molecule has 0 aliphatic carbocycles. The maximum Gasteiger partial charge on any atom is 0.191 e. The average molecular weight is 513 g/mol. The second-order valence-electron chi connectivity index (χ2n) is 6.40. The predicted octanol–water partition coefficient (Wildman–Crippen LogP) is 3.98. The number of methoxy groups -OCH3 is 2. The lowest BCUT2D eigenvalue weighted by Crippen LogP contribution is -2.41. The van der Waals surface area contributed by atoms with Crippen molar-refractivity contribution in [2.75, 3.05) is 27.3 Å². The monoisotopic (exact) mass is 513 g/mol. The number of nitrogens with zero attached hydrogens (tertiary/aromatic N) is 1. The summed E-state index contributed by atoms with van der Waals surface area (Å²) in [7, 11) is 3.34. The van der Waals surface area contributed by atoms with Gasteiger partial charge >= 0.3 is 0 Å². The fourth-order valence-corrected chi connectivity index (χ4v) is 2.63. The van der Waals surface area contributed by atoms with Crippen LogP contribution in [0.25, 0.3) is 0 Å². The number of para-hydroxylation sites is 2. The van der Waals surface area contributed by atoms with Gasteiger partial charge in [0.2, 0.25) is 0 Å². The van der Waals surface area contributed by atoms with Crippen LogP contribution >= 0.6 is 24.0 Å². The van der Waals surface area contributed by atoms with Crippen molar-refractivity contribution >= 4 is 29.9 Å². The third kappa shape index (κ3) is 8.91. The van der Waals surface area contributed by atoms with Gasteiger partial charge in [-0.25, -0.2) is 4.99 Å². The predicted molar refractivity (Wildman–Crippen MR) is 128 cm³/mol. The van der Waals surface area contributed by atoms with E-state index in [1.807, 2.05) is 38.1 Å². The van der Waals surface area contributed by atoms with E-state index in [1.165, 1.54) is 0 Å². The second-order valence-corrected chi connectivity index (χ2v) is 6.40. The summed E-state index contributed by atoms with van der Waals surface area (Å²) in [6, 6.07) is 15.9. The molecule has 1 unspecified atom stereocenters. The largest absolute Gasteiger partial charge is 0.493 e. The molecule has 6 nitrogen and oxygen atoms in total. The summed E-state index contributed by atoms with van der Waals surface area (Å²) in [4.78, 5) is 4.66. The zero-order valence-electron chi connectivity index (χ0n) is 17.6. The van der Waals surface area contributed by atoms with E-state index in [2.05, 4.69) is 39.9 Å². The molecule has 0 heterocycles. The van der Waals surface area contributed by atoms with Crippen molar-refractivity contribution in [1.82, 2.24) is 10.6 Å². The highest BCUT2D eigenvalue weighted by molar-refractivity contribution is 14.0. The highest BCUT2D eigenvalue weighted by atomic mass is 127. The lowest BCUT2D eigenvalue weighted by atomic mass is 10.1. The van der Waals surface area contributed by atoms with Crippen molar-refractivity contribution in [1.29, 1.82) is 0 Å². The normalized spacial score (nSPS) is 11.9. The van der Waals surface area contributed by atoms with E-state index < -0.39 is 0 Å². The van der Waals surface area contributed by atoms with E-state index >= 15 is 0 Å². The fraction of sp³-hybridized carbons (Fsp3) is 0.409.